The summed E-state index contributed by atoms with van der Waals surface area (Å²) in [7, 11) is 0. The van der Waals surface area contributed by atoms with Crippen LogP contribution < -0.4 is 5.56 Å². The summed E-state index contributed by atoms with van der Waals surface area (Å²) in [5.41, 5.74) is -2.78. The van der Waals surface area contributed by atoms with Gasteiger partial charge in [-0.2, -0.15) is 13.2 Å². The number of aryl methyl sites for hydroxylation is 1. The topological polar surface area (TPSA) is 78.0 Å². The van der Waals surface area contributed by atoms with Crippen LogP contribution in [0, 0.1) is 10.1 Å². The lowest BCUT2D eigenvalue weighted by Gasteiger charge is -2.15. The Hall–Kier alpha value is -2.75. The lowest BCUT2D eigenvalue weighted by Crippen LogP contribution is -2.24. The number of alkyl halides is 3. The highest BCUT2D eigenvalue weighted by Gasteiger charge is 2.38. The van der Waals surface area contributed by atoms with Gasteiger partial charge in [-0.05, 0) is 30.3 Å². The Morgan fingerprint density at radius 3 is 2.52 bits per heavy atom. The molecule has 0 aliphatic rings. The summed E-state index contributed by atoms with van der Waals surface area (Å²) in [5.74, 6) is 0.247. The van der Waals surface area contributed by atoms with Crippen molar-refractivity contribution >= 4 is 32.5 Å². The van der Waals surface area contributed by atoms with Crippen molar-refractivity contribution in [1.29, 1.82) is 0 Å². The minimum absolute atomic E-state index is 0.135. The molecule has 140 valence electrons. The van der Waals surface area contributed by atoms with E-state index in [0.29, 0.717) is 16.1 Å². The van der Waals surface area contributed by atoms with Gasteiger partial charge in [-0.15, -0.1) is 0 Å². The molecule has 0 unspecified atom stereocenters. The van der Waals surface area contributed by atoms with Gasteiger partial charge in [0.05, 0.1) is 21.5 Å². The maximum atomic E-state index is 13.3. The number of benzene rings is 2. The Balaban J connectivity index is 2.37. The average molecular weight is 442 g/mol. The van der Waals surface area contributed by atoms with Crippen LogP contribution in [0.1, 0.15) is 18.3 Å². The molecule has 0 atom stereocenters. The molecule has 6 nitrogen and oxygen atoms in total. The molecule has 0 amide bonds. The third-order valence-electron chi connectivity index (χ3n) is 3.96. The van der Waals surface area contributed by atoms with E-state index in [9.17, 15) is 28.1 Å². The molecule has 3 aromatic rings. The van der Waals surface area contributed by atoms with Gasteiger partial charge in [0.1, 0.15) is 11.4 Å². The molecule has 2 aromatic carbocycles. The summed E-state index contributed by atoms with van der Waals surface area (Å²) < 4.78 is 41.5. The number of halogens is 4. The van der Waals surface area contributed by atoms with Crippen molar-refractivity contribution in [3.05, 3.63) is 72.7 Å². The summed E-state index contributed by atoms with van der Waals surface area (Å²) in [5, 5.41) is 11.2. The van der Waals surface area contributed by atoms with Gasteiger partial charge < -0.3 is 0 Å². The summed E-state index contributed by atoms with van der Waals surface area (Å²) in [6.45, 7) is 1.71. The number of nitrogens with zero attached hydrogens (tertiary/aromatic N) is 3. The van der Waals surface area contributed by atoms with Crippen LogP contribution in [-0.4, -0.2) is 14.5 Å². The largest absolute Gasteiger partial charge is 0.423 e. The Bertz CT molecular complexity index is 1130. The van der Waals surface area contributed by atoms with Gasteiger partial charge in [0.15, 0.2) is 0 Å². The van der Waals surface area contributed by atoms with Crippen LogP contribution >= 0.6 is 15.9 Å². The fraction of sp³-hybridized carbons (Fsp3) is 0.176. The quantitative estimate of drug-likeness (QED) is 0.438. The predicted octanol–water partition coefficient (Wildman–Crippen LogP) is 4.64. The van der Waals surface area contributed by atoms with Gasteiger partial charge in [0.2, 0.25) is 0 Å². The molecule has 0 fully saturated rings. The second kappa shape index (κ2) is 6.76. The van der Waals surface area contributed by atoms with Crippen LogP contribution in [0.3, 0.4) is 0 Å². The Morgan fingerprint density at radius 2 is 1.93 bits per heavy atom. The number of nitro groups is 1. The zero-order valence-corrected chi connectivity index (χ0v) is 15.3. The summed E-state index contributed by atoms with van der Waals surface area (Å²) in [6.07, 6.45) is -4.67. The highest BCUT2D eigenvalue weighted by atomic mass is 79.9. The van der Waals surface area contributed by atoms with Crippen LogP contribution in [0.5, 0.6) is 0 Å². The van der Waals surface area contributed by atoms with Crippen molar-refractivity contribution in [3.8, 4) is 5.69 Å². The van der Waals surface area contributed by atoms with Crippen molar-refractivity contribution in [2.24, 2.45) is 0 Å². The van der Waals surface area contributed by atoms with Crippen LogP contribution in [-0.2, 0) is 12.6 Å². The number of hydrogen-bond donors (Lipinski definition) is 0. The van der Waals surface area contributed by atoms with E-state index >= 15 is 0 Å². The van der Waals surface area contributed by atoms with Crippen LogP contribution in [0.15, 0.2) is 45.7 Å². The molecule has 0 spiro atoms. The maximum absolute atomic E-state index is 13.3. The molecule has 0 saturated heterocycles. The standard InChI is InChI=1S/C17H11BrF3N3O3/c1-2-15-22-13-5-3-9(18)7-11(13)16(25)23(15)10-4-6-14(24(26)27)12(8-10)17(19,20)21/h3-8H,2H2,1H3. The van der Waals surface area contributed by atoms with E-state index in [4.69, 9.17) is 0 Å². The minimum Gasteiger partial charge on any atom is -0.268 e. The van der Waals surface area contributed by atoms with Gasteiger partial charge in [0.25, 0.3) is 11.2 Å². The highest BCUT2D eigenvalue weighted by Crippen LogP contribution is 2.37. The lowest BCUT2D eigenvalue weighted by atomic mass is 10.1. The van der Waals surface area contributed by atoms with Crippen molar-refractivity contribution in [1.82, 2.24) is 9.55 Å². The molecule has 0 radical (unpaired) electrons. The third kappa shape index (κ3) is 3.44. The Labute approximate surface area is 158 Å². The molecule has 3 rings (SSSR count). The number of nitro benzene ring substituents is 1. The molecular formula is C17H11BrF3N3O3. The van der Waals surface area contributed by atoms with Crippen LogP contribution in [0.25, 0.3) is 16.6 Å². The first-order valence-corrected chi connectivity index (χ1v) is 8.50. The molecule has 0 saturated carbocycles. The Morgan fingerprint density at radius 1 is 1.22 bits per heavy atom. The third-order valence-corrected chi connectivity index (χ3v) is 4.45. The molecule has 1 heterocycles. The van der Waals surface area contributed by atoms with Crippen LogP contribution in [0.4, 0.5) is 18.9 Å². The summed E-state index contributed by atoms with van der Waals surface area (Å²) in [6, 6.07) is 7.31. The molecule has 27 heavy (non-hydrogen) atoms. The predicted molar refractivity (Wildman–Crippen MR) is 96.1 cm³/mol. The van der Waals surface area contributed by atoms with Gasteiger partial charge in [-0.1, -0.05) is 22.9 Å². The number of fused-ring (bicyclic) bond motifs is 1. The van der Waals surface area contributed by atoms with Crippen molar-refractivity contribution in [2.45, 2.75) is 19.5 Å². The maximum Gasteiger partial charge on any atom is 0.423 e. The first-order valence-electron chi connectivity index (χ1n) is 7.70. The van der Waals surface area contributed by atoms with E-state index in [1.165, 1.54) is 6.07 Å². The first kappa shape index (κ1) is 19.0. The van der Waals surface area contributed by atoms with E-state index in [1.54, 1.807) is 19.1 Å². The normalized spacial score (nSPS) is 11.7. The molecule has 0 N–H and O–H groups in total. The zero-order chi connectivity index (χ0) is 19.9. The highest BCUT2D eigenvalue weighted by molar-refractivity contribution is 9.10. The average Bonchev–Trinajstić information content (AvgIpc) is 2.60. The fourth-order valence-corrected chi connectivity index (χ4v) is 3.12. The molecular weight excluding hydrogens is 431 g/mol. The number of hydrogen-bond acceptors (Lipinski definition) is 4. The smallest absolute Gasteiger partial charge is 0.268 e. The van der Waals surface area contributed by atoms with Gasteiger partial charge in [0, 0.05) is 17.0 Å². The molecule has 0 aliphatic heterocycles. The first-order chi connectivity index (χ1) is 12.6. The van der Waals surface area contributed by atoms with Crippen molar-refractivity contribution in [3.63, 3.8) is 0 Å². The van der Waals surface area contributed by atoms with E-state index < -0.39 is 27.9 Å². The number of aromatic nitrogens is 2. The van der Waals surface area contributed by atoms with E-state index in [1.807, 2.05) is 0 Å². The van der Waals surface area contributed by atoms with Gasteiger partial charge >= 0.3 is 6.18 Å². The molecule has 1 aromatic heterocycles. The molecule has 0 aliphatic carbocycles. The zero-order valence-electron chi connectivity index (χ0n) is 13.7. The van der Waals surface area contributed by atoms with E-state index in [0.717, 1.165) is 16.7 Å². The Kier molecular flexibility index (Phi) is 4.77. The SMILES string of the molecule is CCc1nc2ccc(Br)cc2c(=O)n1-c1ccc([N+](=O)[O-])c(C(F)(F)F)c1. The van der Waals surface area contributed by atoms with E-state index in [2.05, 4.69) is 20.9 Å². The van der Waals surface area contributed by atoms with Gasteiger partial charge in [-0.3, -0.25) is 19.5 Å². The monoisotopic (exact) mass is 441 g/mol. The van der Waals surface area contributed by atoms with Crippen molar-refractivity contribution in [2.75, 3.05) is 0 Å². The molecule has 10 heteroatoms. The van der Waals surface area contributed by atoms with Gasteiger partial charge in [-0.25, -0.2) is 4.98 Å². The second-order valence-corrected chi connectivity index (χ2v) is 6.56. The van der Waals surface area contributed by atoms with E-state index in [-0.39, 0.29) is 23.3 Å². The number of rotatable bonds is 3. The van der Waals surface area contributed by atoms with Crippen LogP contribution in [0.2, 0.25) is 0 Å². The molecule has 0 bridgehead atoms. The lowest BCUT2D eigenvalue weighted by molar-refractivity contribution is -0.388. The minimum atomic E-state index is -4.94. The summed E-state index contributed by atoms with van der Waals surface area (Å²) >= 11 is 3.25. The summed E-state index contributed by atoms with van der Waals surface area (Å²) in [4.78, 5) is 27.1. The second-order valence-electron chi connectivity index (χ2n) is 5.64. The van der Waals surface area contributed by atoms with Crippen molar-refractivity contribution < 1.29 is 18.1 Å². The fourth-order valence-electron chi connectivity index (χ4n) is 2.76.